The van der Waals surface area contributed by atoms with Crippen molar-refractivity contribution in [3.63, 3.8) is 0 Å². The molecular formula is C12H16N4O. The lowest BCUT2D eigenvalue weighted by atomic mass is 10.2. The lowest BCUT2D eigenvalue weighted by molar-refractivity contribution is 0.0945. The Morgan fingerprint density at radius 3 is 2.06 bits per heavy atom. The molecule has 0 aliphatic carbocycles. The van der Waals surface area contributed by atoms with Crippen LogP contribution in [0, 0.1) is 27.7 Å². The minimum atomic E-state index is -0.170. The van der Waals surface area contributed by atoms with Gasteiger partial charge < -0.3 is 0 Å². The van der Waals surface area contributed by atoms with Gasteiger partial charge in [0.1, 0.15) is 6.33 Å². The summed E-state index contributed by atoms with van der Waals surface area (Å²) in [5.74, 6) is 0.0606. The van der Waals surface area contributed by atoms with E-state index in [9.17, 15) is 4.79 Å². The van der Waals surface area contributed by atoms with Crippen LogP contribution < -0.4 is 0 Å². The molecule has 2 aromatic heterocycles. The van der Waals surface area contributed by atoms with Crippen molar-refractivity contribution in [1.82, 2.24) is 19.3 Å². The standard InChI is InChI=1S/C12H16N4O/c1-7-8(2)10(4)16(9(7)3)12(17)11-13-6-15(5)14-11/h6H,1-5H3. The molecule has 0 saturated heterocycles. The van der Waals surface area contributed by atoms with E-state index in [1.54, 1.807) is 11.6 Å². The maximum atomic E-state index is 12.3. The molecule has 2 heterocycles. The molecule has 0 radical (unpaired) electrons. The summed E-state index contributed by atoms with van der Waals surface area (Å²) < 4.78 is 3.21. The van der Waals surface area contributed by atoms with Gasteiger partial charge in [-0.05, 0) is 38.8 Å². The lowest BCUT2D eigenvalue weighted by Gasteiger charge is -2.04. The van der Waals surface area contributed by atoms with Crippen LogP contribution in [-0.2, 0) is 7.05 Å². The SMILES string of the molecule is Cc1c(C)c(C)n(C(=O)c2ncn(C)n2)c1C. The monoisotopic (exact) mass is 232 g/mol. The number of aryl methyl sites for hydroxylation is 1. The van der Waals surface area contributed by atoms with Crippen LogP contribution in [0.1, 0.15) is 33.1 Å². The zero-order valence-electron chi connectivity index (χ0n) is 10.8. The summed E-state index contributed by atoms with van der Waals surface area (Å²) in [6, 6.07) is 0. The fourth-order valence-electron chi connectivity index (χ4n) is 1.97. The first-order chi connectivity index (χ1) is 7.93. The molecule has 17 heavy (non-hydrogen) atoms. The summed E-state index contributed by atoms with van der Waals surface area (Å²) in [6.07, 6.45) is 1.53. The Hall–Kier alpha value is -1.91. The van der Waals surface area contributed by atoms with Crippen molar-refractivity contribution in [2.24, 2.45) is 7.05 Å². The van der Waals surface area contributed by atoms with Crippen LogP contribution in [0.4, 0.5) is 0 Å². The summed E-state index contributed by atoms with van der Waals surface area (Å²) in [5, 5.41) is 4.04. The van der Waals surface area contributed by atoms with E-state index >= 15 is 0 Å². The smallest absolute Gasteiger partial charge is 0.282 e. The van der Waals surface area contributed by atoms with E-state index in [0.29, 0.717) is 0 Å². The third-order valence-electron chi connectivity index (χ3n) is 3.31. The normalized spacial score (nSPS) is 10.9. The number of carbonyl (C=O) groups excluding carboxylic acids is 1. The first-order valence-electron chi connectivity index (χ1n) is 5.49. The molecule has 0 spiro atoms. The highest BCUT2D eigenvalue weighted by Gasteiger charge is 2.20. The molecule has 90 valence electrons. The second-order valence-corrected chi connectivity index (χ2v) is 4.30. The van der Waals surface area contributed by atoms with Crippen LogP contribution in [0.2, 0.25) is 0 Å². The Labute approximate surface area is 100 Å². The number of aromatic nitrogens is 4. The summed E-state index contributed by atoms with van der Waals surface area (Å²) in [7, 11) is 1.75. The van der Waals surface area contributed by atoms with Gasteiger partial charge >= 0.3 is 5.91 Å². The molecular weight excluding hydrogens is 216 g/mol. The van der Waals surface area contributed by atoms with Crippen LogP contribution in [-0.4, -0.2) is 25.2 Å². The largest absolute Gasteiger partial charge is 0.301 e. The maximum Gasteiger partial charge on any atom is 0.301 e. The quantitative estimate of drug-likeness (QED) is 0.749. The Balaban J connectivity index is 2.55. The number of nitrogens with zero attached hydrogens (tertiary/aromatic N) is 4. The van der Waals surface area contributed by atoms with E-state index in [1.807, 2.05) is 27.7 Å². The first-order valence-corrected chi connectivity index (χ1v) is 5.49. The molecule has 2 rings (SSSR count). The zero-order chi connectivity index (χ0) is 12.7. The molecule has 0 aliphatic heterocycles. The van der Waals surface area contributed by atoms with Crippen LogP contribution >= 0.6 is 0 Å². The van der Waals surface area contributed by atoms with Gasteiger partial charge in [0, 0.05) is 18.4 Å². The summed E-state index contributed by atoms with van der Waals surface area (Å²) in [4.78, 5) is 16.3. The van der Waals surface area contributed by atoms with Gasteiger partial charge in [-0.25, -0.2) is 4.98 Å². The molecule has 0 aliphatic rings. The number of carbonyl (C=O) groups is 1. The van der Waals surface area contributed by atoms with Crippen molar-refractivity contribution in [3.8, 4) is 0 Å². The van der Waals surface area contributed by atoms with Crippen molar-refractivity contribution in [3.05, 3.63) is 34.7 Å². The lowest BCUT2D eigenvalue weighted by Crippen LogP contribution is -2.17. The first kappa shape index (κ1) is 11.6. The molecule has 0 amide bonds. The van der Waals surface area contributed by atoms with Crippen molar-refractivity contribution in [2.45, 2.75) is 27.7 Å². The van der Waals surface area contributed by atoms with Crippen LogP contribution in [0.25, 0.3) is 0 Å². The average Bonchev–Trinajstić information content (AvgIpc) is 2.79. The highest BCUT2D eigenvalue weighted by molar-refractivity contribution is 5.93. The molecule has 5 nitrogen and oxygen atoms in total. The second kappa shape index (κ2) is 3.84. The van der Waals surface area contributed by atoms with Gasteiger partial charge in [-0.3, -0.25) is 14.0 Å². The predicted molar refractivity (Wildman–Crippen MR) is 64.1 cm³/mol. The zero-order valence-corrected chi connectivity index (χ0v) is 10.8. The molecule has 5 heteroatoms. The van der Waals surface area contributed by atoms with Gasteiger partial charge in [0.15, 0.2) is 0 Å². The Morgan fingerprint density at radius 2 is 1.65 bits per heavy atom. The minimum absolute atomic E-state index is 0.170. The average molecular weight is 232 g/mol. The van der Waals surface area contributed by atoms with Crippen molar-refractivity contribution >= 4 is 5.91 Å². The third-order valence-corrected chi connectivity index (χ3v) is 3.31. The van der Waals surface area contributed by atoms with Gasteiger partial charge in [-0.15, -0.1) is 5.10 Å². The van der Waals surface area contributed by atoms with Crippen molar-refractivity contribution in [2.75, 3.05) is 0 Å². The summed E-state index contributed by atoms with van der Waals surface area (Å²) in [6.45, 7) is 7.92. The third kappa shape index (κ3) is 1.67. The molecule has 2 aromatic rings. The Kier molecular flexibility index (Phi) is 2.61. The van der Waals surface area contributed by atoms with E-state index in [2.05, 4.69) is 10.1 Å². The number of hydrogen-bond acceptors (Lipinski definition) is 3. The van der Waals surface area contributed by atoms with Gasteiger partial charge in [-0.1, -0.05) is 0 Å². The van der Waals surface area contributed by atoms with Crippen molar-refractivity contribution < 1.29 is 4.79 Å². The van der Waals surface area contributed by atoms with Crippen LogP contribution in [0.15, 0.2) is 6.33 Å². The van der Waals surface area contributed by atoms with E-state index in [0.717, 1.165) is 22.5 Å². The van der Waals surface area contributed by atoms with E-state index in [-0.39, 0.29) is 11.7 Å². The molecule has 0 atom stereocenters. The van der Waals surface area contributed by atoms with E-state index in [4.69, 9.17) is 0 Å². The van der Waals surface area contributed by atoms with Crippen LogP contribution in [0.3, 0.4) is 0 Å². The number of hydrogen-bond donors (Lipinski definition) is 0. The molecule has 0 fully saturated rings. The Bertz CT molecular complexity index is 566. The Morgan fingerprint density at radius 1 is 1.12 bits per heavy atom. The van der Waals surface area contributed by atoms with Gasteiger partial charge in [0.05, 0.1) is 0 Å². The predicted octanol–water partition coefficient (Wildman–Crippen LogP) is 1.54. The molecule has 0 aromatic carbocycles. The second-order valence-electron chi connectivity index (χ2n) is 4.30. The maximum absolute atomic E-state index is 12.3. The highest BCUT2D eigenvalue weighted by Crippen LogP contribution is 2.20. The van der Waals surface area contributed by atoms with Crippen molar-refractivity contribution in [1.29, 1.82) is 0 Å². The summed E-state index contributed by atoms with van der Waals surface area (Å²) in [5.41, 5.74) is 4.20. The van der Waals surface area contributed by atoms with E-state index < -0.39 is 0 Å². The van der Waals surface area contributed by atoms with E-state index in [1.165, 1.54) is 11.0 Å². The minimum Gasteiger partial charge on any atom is -0.282 e. The van der Waals surface area contributed by atoms with Gasteiger partial charge in [-0.2, -0.15) is 0 Å². The molecule has 0 bridgehead atoms. The van der Waals surface area contributed by atoms with Gasteiger partial charge in [0.25, 0.3) is 0 Å². The fourth-order valence-corrected chi connectivity index (χ4v) is 1.97. The number of rotatable bonds is 1. The van der Waals surface area contributed by atoms with Crippen LogP contribution in [0.5, 0.6) is 0 Å². The molecule has 0 unspecified atom stereocenters. The van der Waals surface area contributed by atoms with Gasteiger partial charge in [0.2, 0.25) is 5.82 Å². The topological polar surface area (TPSA) is 52.7 Å². The molecule has 0 N–H and O–H groups in total. The highest BCUT2D eigenvalue weighted by atomic mass is 16.2. The fraction of sp³-hybridized carbons (Fsp3) is 0.417. The molecule has 0 saturated carbocycles. The summed E-state index contributed by atoms with van der Waals surface area (Å²) >= 11 is 0.